The van der Waals surface area contributed by atoms with Gasteiger partial charge in [-0.1, -0.05) is 6.92 Å². The third-order valence-corrected chi connectivity index (χ3v) is 3.98. The van der Waals surface area contributed by atoms with Crippen LogP contribution in [-0.2, 0) is 0 Å². The number of halogens is 2. The molecule has 1 fully saturated rings. The molecule has 0 aromatic heterocycles. The lowest BCUT2D eigenvalue weighted by molar-refractivity contribution is 0.0785. The van der Waals surface area contributed by atoms with E-state index < -0.39 is 0 Å². The molecule has 0 N–H and O–H groups in total. The SMILES string of the molecule is CC1CC1CN(C)C(=O)c1cc(F)ccc1Br. The van der Waals surface area contributed by atoms with E-state index in [1.807, 2.05) is 0 Å². The lowest BCUT2D eigenvalue weighted by atomic mass is 10.2. The van der Waals surface area contributed by atoms with Crippen LogP contribution in [0.2, 0.25) is 0 Å². The van der Waals surface area contributed by atoms with E-state index in [2.05, 4.69) is 22.9 Å². The first kappa shape index (κ1) is 12.6. The zero-order chi connectivity index (χ0) is 12.6. The summed E-state index contributed by atoms with van der Waals surface area (Å²) < 4.78 is 13.8. The van der Waals surface area contributed by atoms with Gasteiger partial charge in [-0.05, 0) is 52.4 Å². The molecule has 0 heterocycles. The third kappa shape index (κ3) is 2.86. The molecule has 1 aliphatic rings. The van der Waals surface area contributed by atoms with Gasteiger partial charge in [-0.15, -0.1) is 0 Å². The Labute approximate surface area is 109 Å². The topological polar surface area (TPSA) is 20.3 Å². The van der Waals surface area contributed by atoms with Crippen LogP contribution in [0.15, 0.2) is 22.7 Å². The molecular weight excluding hydrogens is 285 g/mol. The van der Waals surface area contributed by atoms with Crippen molar-refractivity contribution in [2.24, 2.45) is 11.8 Å². The van der Waals surface area contributed by atoms with Gasteiger partial charge in [0.1, 0.15) is 5.82 Å². The van der Waals surface area contributed by atoms with E-state index in [1.165, 1.54) is 18.6 Å². The second kappa shape index (κ2) is 4.77. The molecule has 2 atom stereocenters. The van der Waals surface area contributed by atoms with Crippen LogP contribution < -0.4 is 0 Å². The molecule has 0 radical (unpaired) electrons. The van der Waals surface area contributed by atoms with Gasteiger partial charge in [0.05, 0.1) is 5.56 Å². The fourth-order valence-corrected chi connectivity index (χ4v) is 2.37. The summed E-state index contributed by atoms with van der Waals surface area (Å²) in [6, 6.07) is 4.18. The van der Waals surface area contributed by atoms with Gasteiger partial charge in [0.2, 0.25) is 0 Å². The van der Waals surface area contributed by atoms with E-state index >= 15 is 0 Å². The average Bonchev–Trinajstić information content (AvgIpc) is 2.96. The summed E-state index contributed by atoms with van der Waals surface area (Å²) in [6.07, 6.45) is 1.18. The summed E-state index contributed by atoms with van der Waals surface area (Å²) in [4.78, 5) is 13.8. The minimum absolute atomic E-state index is 0.129. The van der Waals surface area contributed by atoms with Gasteiger partial charge in [0.15, 0.2) is 0 Å². The Morgan fingerprint density at radius 2 is 2.24 bits per heavy atom. The molecule has 92 valence electrons. The molecule has 0 spiro atoms. The van der Waals surface area contributed by atoms with Crippen LogP contribution in [0.25, 0.3) is 0 Å². The lowest BCUT2D eigenvalue weighted by Gasteiger charge is -2.17. The van der Waals surface area contributed by atoms with Crippen LogP contribution in [0.4, 0.5) is 4.39 Å². The molecule has 0 saturated heterocycles. The summed E-state index contributed by atoms with van der Waals surface area (Å²) in [5, 5.41) is 0. The van der Waals surface area contributed by atoms with Crippen molar-refractivity contribution in [3.63, 3.8) is 0 Å². The number of hydrogen-bond donors (Lipinski definition) is 0. The molecule has 17 heavy (non-hydrogen) atoms. The molecule has 0 bridgehead atoms. The first-order chi connectivity index (χ1) is 7.99. The predicted octanol–water partition coefficient (Wildman–Crippen LogP) is 3.32. The van der Waals surface area contributed by atoms with Gasteiger partial charge in [-0.3, -0.25) is 4.79 Å². The molecule has 2 rings (SSSR count). The summed E-state index contributed by atoms with van der Waals surface area (Å²) in [5.41, 5.74) is 0.390. The Kier molecular flexibility index (Phi) is 3.52. The zero-order valence-corrected chi connectivity index (χ0v) is 11.5. The molecule has 1 aromatic rings. The highest BCUT2D eigenvalue weighted by Crippen LogP contribution is 2.38. The molecule has 4 heteroatoms. The largest absolute Gasteiger partial charge is 0.341 e. The highest BCUT2D eigenvalue weighted by atomic mass is 79.9. The van der Waals surface area contributed by atoms with Crippen LogP contribution in [0, 0.1) is 17.7 Å². The normalized spacial score (nSPS) is 22.4. The van der Waals surface area contributed by atoms with Gasteiger partial charge in [-0.25, -0.2) is 4.39 Å². The number of rotatable bonds is 3. The van der Waals surface area contributed by atoms with E-state index in [1.54, 1.807) is 18.0 Å². The molecule has 1 amide bonds. The minimum Gasteiger partial charge on any atom is -0.341 e. The second-order valence-corrected chi connectivity index (χ2v) is 5.64. The molecule has 1 saturated carbocycles. The van der Waals surface area contributed by atoms with E-state index in [0.29, 0.717) is 21.9 Å². The smallest absolute Gasteiger partial charge is 0.254 e. The fourth-order valence-electron chi connectivity index (χ4n) is 1.96. The number of hydrogen-bond acceptors (Lipinski definition) is 1. The molecular formula is C13H15BrFNO. The molecule has 2 unspecified atom stereocenters. The van der Waals surface area contributed by atoms with Crippen molar-refractivity contribution in [2.75, 3.05) is 13.6 Å². The van der Waals surface area contributed by atoms with Crippen LogP contribution in [0.1, 0.15) is 23.7 Å². The Balaban J connectivity index is 2.10. The molecule has 2 nitrogen and oxygen atoms in total. The first-order valence-corrected chi connectivity index (χ1v) is 6.49. The van der Waals surface area contributed by atoms with Crippen molar-refractivity contribution in [3.05, 3.63) is 34.1 Å². The van der Waals surface area contributed by atoms with Crippen molar-refractivity contribution in [3.8, 4) is 0 Å². The fraction of sp³-hybridized carbons (Fsp3) is 0.462. The lowest BCUT2D eigenvalue weighted by Crippen LogP contribution is -2.29. The van der Waals surface area contributed by atoms with Crippen LogP contribution in [-0.4, -0.2) is 24.4 Å². The van der Waals surface area contributed by atoms with Crippen molar-refractivity contribution in [1.82, 2.24) is 4.90 Å². The predicted molar refractivity (Wildman–Crippen MR) is 68.3 cm³/mol. The summed E-state index contributed by atoms with van der Waals surface area (Å²) in [5.74, 6) is 0.803. The highest BCUT2D eigenvalue weighted by molar-refractivity contribution is 9.10. The maximum atomic E-state index is 13.1. The van der Waals surface area contributed by atoms with Crippen molar-refractivity contribution in [1.29, 1.82) is 0 Å². The van der Waals surface area contributed by atoms with Crippen LogP contribution in [0.3, 0.4) is 0 Å². The maximum Gasteiger partial charge on any atom is 0.254 e. The van der Waals surface area contributed by atoms with Gasteiger partial charge in [0.25, 0.3) is 5.91 Å². The monoisotopic (exact) mass is 299 g/mol. The second-order valence-electron chi connectivity index (χ2n) is 4.78. The van der Waals surface area contributed by atoms with Crippen molar-refractivity contribution >= 4 is 21.8 Å². The van der Waals surface area contributed by atoms with Crippen molar-refractivity contribution in [2.45, 2.75) is 13.3 Å². The number of nitrogens with zero attached hydrogens (tertiary/aromatic N) is 1. The van der Waals surface area contributed by atoms with Gasteiger partial charge in [0, 0.05) is 18.1 Å². The highest BCUT2D eigenvalue weighted by Gasteiger charge is 2.34. The maximum absolute atomic E-state index is 13.1. The summed E-state index contributed by atoms with van der Waals surface area (Å²) in [6.45, 7) is 2.93. The first-order valence-electron chi connectivity index (χ1n) is 5.69. The number of benzene rings is 1. The Hall–Kier alpha value is -0.900. The summed E-state index contributed by atoms with van der Waals surface area (Å²) in [7, 11) is 1.77. The number of carbonyl (C=O) groups excluding carboxylic acids is 1. The summed E-state index contributed by atoms with van der Waals surface area (Å²) >= 11 is 3.28. The van der Waals surface area contributed by atoms with Gasteiger partial charge in [-0.2, -0.15) is 0 Å². The number of carbonyl (C=O) groups is 1. The average molecular weight is 300 g/mol. The quantitative estimate of drug-likeness (QED) is 0.838. The van der Waals surface area contributed by atoms with Crippen LogP contribution >= 0.6 is 15.9 Å². The van der Waals surface area contributed by atoms with Gasteiger partial charge < -0.3 is 4.90 Å². The molecule has 1 aliphatic carbocycles. The van der Waals surface area contributed by atoms with E-state index in [-0.39, 0.29) is 11.7 Å². The van der Waals surface area contributed by atoms with Crippen molar-refractivity contribution < 1.29 is 9.18 Å². The standard InChI is InChI=1S/C13H15BrFNO/c1-8-5-9(8)7-16(2)13(17)11-6-10(15)3-4-12(11)14/h3-4,6,8-9H,5,7H2,1-2H3. The Bertz CT molecular complexity index is 449. The van der Waals surface area contributed by atoms with E-state index in [4.69, 9.17) is 0 Å². The molecule has 1 aromatic carbocycles. The Morgan fingerprint density at radius 3 is 2.82 bits per heavy atom. The zero-order valence-electron chi connectivity index (χ0n) is 9.91. The Morgan fingerprint density at radius 1 is 1.59 bits per heavy atom. The van der Waals surface area contributed by atoms with Crippen LogP contribution in [0.5, 0.6) is 0 Å². The van der Waals surface area contributed by atoms with E-state index in [0.717, 1.165) is 6.54 Å². The minimum atomic E-state index is -0.385. The van der Waals surface area contributed by atoms with E-state index in [9.17, 15) is 9.18 Å². The third-order valence-electron chi connectivity index (χ3n) is 3.29. The van der Waals surface area contributed by atoms with Gasteiger partial charge >= 0.3 is 0 Å². The number of amides is 1. The molecule has 0 aliphatic heterocycles.